The number of morpholine rings is 1. The van der Waals surface area contributed by atoms with Crippen LogP contribution in [0, 0.1) is 0 Å². The Morgan fingerprint density at radius 2 is 2.24 bits per heavy atom. The summed E-state index contributed by atoms with van der Waals surface area (Å²) in [6, 6.07) is 6.24. The fourth-order valence-electron chi connectivity index (χ4n) is 2.17. The van der Waals surface area contributed by atoms with Crippen molar-refractivity contribution < 1.29 is 4.74 Å². The summed E-state index contributed by atoms with van der Waals surface area (Å²) >= 11 is 3.54. The van der Waals surface area contributed by atoms with Crippen LogP contribution in [-0.4, -0.2) is 38.8 Å². The van der Waals surface area contributed by atoms with Gasteiger partial charge in [0.15, 0.2) is 5.96 Å². The highest BCUT2D eigenvalue weighted by molar-refractivity contribution is 9.10. The van der Waals surface area contributed by atoms with Crippen LogP contribution < -0.4 is 16.0 Å². The van der Waals surface area contributed by atoms with Crippen LogP contribution in [0.3, 0.4) is 0 Å². The van der Waals surface area contributed by atoms with Gasteiger partial charge >= 0.3 is 0 Å². The quantitative estimate of drug-likeness (QED) is 0.482. The smallest absolute Gasteiger partial charge is 0.189 e. The number of guanidine groups is 1. The molecule has 3 N–H and O–H groups in total. The molecular formula is C15H21BrN4O. The van der Waals surface area contributed by atoms with Gasteiger partial charge in [-0.05, 0) is 17.7 Å². The van der Waals surface area contributed by atoms with Crippen LogP contribution >= 0.6 is 15.9 Å². The van der Waals surface area contributed by atoms with Crippen LogP contribution in [0.2, 0.25) is 0 Å². The number of benzene rings is 1. The van der Waals surface area contributed by atoms with E-state index in [-0.39, 0.29) is 0 Å². The molecule has 1 heterocycles. The van der Waals surface area contributed by atoms with E-state index >= 15 is 0 Å². The van der Waals surface area contributed by atoms with Crippen LogP contribution in [0.1, 0.15) is 5.56 Å². The molecule has 1 fully saturated rings. The van der Waals surface area contributed by atoms with Gasteiger partial charge in [-0.2, -0.15) is 0 Å². The number of nitrogens with two attached hydrogens (primary N) is 1. The third-order valence-corrected chi connectivity index (χ3v) is 3.74. The Morgan fingerprint density at radius 3 is 2.95 bits per heavy atom. The highest BCUT2D eigenvalue weighted by Gasteiger charge is 2.15. The maximum absolute atomic E-state index is 5.81. The van der Waals surface area contributed by atoms with Gasteiger partial charge in [-0.25, -0.2) is 4.99 Å². The van der Waals surface area contributed by atoms with Crippen molar-refractivity contribution in [2.45, 2.75) is 6.54 Å². The molecule has 21 heavy (non-hydrogen) atoms. The summed E-state index contributed by atoms with van der Waals surface area (Å²) in [6.45, 7) is 8.13. The molecule has 1 aromatic rings. The lowest BCUT2D eigenvalue weighted by molar-refractivity contribution is 0.122. The van der Waals surface area contributed by atoms with Crippen LogP contribution in [0.4, 0.5) is 5.69 Å². The van der Waals surface area contributed by atoms with Crippen LogP contribution in [-0.2, 0) is 11.3 Å². The molecule has 1 aromatic carbocycles. The number of nitrogens with zero attached hydrogens (tertiary/aromatic N) is 2. The summed E-state index contributed by atoms with van der Waals surface area (Å²) < 4.78 is 6.48. The van der Waals surface area contributed by atoms with Crippen molar-refractivity contribution in [1.82, 2.24) is 5.32 Å². The van der Waals surface area contributed by atoms with Gasteiger partial charge in [-0.15, -0.1) is 6.58 Å². The van der Waals surface area contributed by atoms with E-state index in [1.54, 1.807) is 6.08 Å². The van der Waals surface area contributed by atoms with E-state index in [1.807, 2.05) is 6.07 Å². The van der Waals surface area contributed by atoms with Crippen molar-refractivity contribution in [3.05, 3.63) is 40.9 Å². The van der Waals surface area contributed by atoms with E-state index in [2.05, 4.69) is 49.9 Å². The molecule has 0 unspecified atom stereocenters. The topological polar surface area (TPSA) is 62.9 Å². The number of rotatable bonds is 5. The maximum Gasteiger partial charge on any atom is 0.189 e. The second kappa shape index (κ2) is 8.05. The van der Waals surface area contributed by atoms with E-state index < -0.39 is 0 Å². The summed E-state index contributed by atoms with van der Waals surface area (Å²) in [7, 11) is 0. The number of hydrogen-bond acceptors (Lipinski definition) is 3. The van der Waals surface area contributed by atoms with Crippen molar-refractivity contribution >= 4 is 27.6 Å². The molecular weight excluding hydrogens is 332 g/mol. The van der Waals surface area contributed by atoms with Crippen molar-refractivity contribution in [3.8, 4) is 0 Å². The Labute approximate surface area is 134 Å². The van der Waals surface area contributed by atoms with E-state index in [9.17, 15) is 0 Å². The first-order chi connectivity index (χ1) is 10.2. The van der Waals surface area contributed by atoms with E-state index in [0.29, 0.717) is 19.0 Å². The average Bonchev–Trinajstić information content (AvgIpc) is 2.52. The maximum atomic E-state index is 5.81. The largest absolute Gasteiger partial charge is 0.378 e. The zero-order valence-corrected chi connectivity index (χ0v) is 13.6. The molecule has 0 aromatic heterocycles. The monoisotopic (exact) mass is 352 g/mol. The molecule has 114 valence electrons. The molecule has 1 aliphatic heterocycles. The molecule has 2 rings (SSSR count). The molecule has 1 saturated heterocycles. The number of ether oxygens (including phenoxy) is 1. The van der Waals surface area contributed by atoms with Crippen molar-refractivity contribution in [2.75, 3.05) is 37.7 Å². The van der Waals surface area contributed by atoms with Crippen molar-refractivity contribution in [2.24, 2.45) is 10.7 Å². The van der Waals surface area contributed by atoms with Crippen molar-refractivity contribution in [1.29, 1.82) is 0 Å². The fraction of sp³-hybridized carbons (Fsp3) is 0.400. The molecule has 1 aliphatic rings. The number of aliphatic imine (C=N–C) groups is 1. The molecule has 0 atom stereocenters. The minimum absolute atomic E-state index is 0.436. The van der Waals surface area contributed by atoms with Gasteiger partial charge < -0.3 is 20.7 Å². The minimum Gasteiger partial charge on any atom is -0.378 e. The van der Waals surface area contributed by atoms with Crippen LogP contribution in [0.15, 0.2) is 40.3 Å². The van der Waals surface area contributed by atoms with Crippen LogP contribution in [0.25, 0.3) is 0 Å². The molecule has 0 saturated carbocycles. The first kappa shape index (κ1) is 15.9. The molecule has 0 radical (unpaired) electrons. The lowest BCUT2D eigenvalue weighted by atomic mass is 10.1. The number of anilines is 1. The van der Waals surface area contributed by atoms with Crippen molar-refractivity contribution in [3.63, 3.8) is 0 Å². The molecule has 0 bridgehead atoms. The summed E-state index contributed by atoms with van der Waals surface area (Å²) in [5.41, 5.74) is 8.16. The standard InChI is InChI=1S/C15H21BrN4O/c1-2-5-18-15(17)19-11-12-3-4-13(16)10-14(12)20-6-8-21-9-7-20/h2-4,10H,1,5-9,11H2,(H3,17,18,19). The lowest BCUT2D eigenvalue weighted by Gasteiger charge is -2.30. The minimum atomic E-state index is 0.436. The first-order valence-corrected chi connectivity index (χ1v) is 7.76. The average molecular weight is 353 g/mol. The fourth-order valence-corrected chi connectivity index (χ4v) is 2.52. The van der Waals surface area contributed by atoms with Gasteiger partial charge in [0.1, 0.15) is 0 Å². The summed E-state index contributed by atoms with van der Waals surface area (Å²) in [5, 5.41) is 2.98. The van der Waals surface area contributed by atoms with Gasteiger partial charge in [-0.3, -0.25) is 0 Å². The second-order valence-corrected chi connectivity index (χ2v) is 5.66. The first-order valence-electron chi connectivity index (χ1n) is 6.96. The zero-order chi connectivity index (χ0) is 15.1. The Kier molecular flexibility index (Phi) is 6.07. The van der Waals surface area contributed by atoms with Gasteiger partial charge in [0.2, 0.25) is 0 Å². The van der Waals surface area contributed by atoms with Gasteiger partial charge in [0, 0.05) is 29.8 Å². The Bertz CT molecular complexity index is 512. The zero-order valence-electron chi connectivity index (χ0n) is 12.0. The lowest BCUT2D eigenvalue weighted by Crippen LogP contribution is -2.36. The Balaban J connectivity index is 2.12. The Morgan fingerprint density at radius 1 is 1.48 bits per heavy atom. The molecule has 6 heteroatoms. The third kappa shape index (κ3) is 4.75. The third-order valence-electron chi connectivity index (χ3n) is 3.25. The van der Waals surface area contributed by atoms with Gasteiger partial charge in [-0.1, -0.05) is 28.1 Å². The number of hydrogen-bond donors (Lipinski definition) is 2. The summed E-state index contributed by atoms with van der Waals surface area (Å²) in [5.74, 6) is 0.436. The molecule has 0 amide bonds. The van der Waals surface area contributed by atoms with E-state index in [4.69, 9.17) is 10.5 Å². The second-order valence-electron chi connectivity index (χ2n) is 4.74. The van der Waals surface area contributed by atoms with E-state index in [0.717, 1.165) is 36.3 Å². The predicted molar refractivity (Wildman–Crippen MR) is 90.7 cm³/mol. The van der Waals surface area contributed by atoms with E-state index in [1.165, 1.54) is 5.69 Å². The highest BCUT2D eigenvalue weighted by atomic mass is 79.9. The molecule has 5 nitrogen and oxygen atoms in total. The summed E-state index contributed by atoms with van der Waals surface area (Å²) in [6.07, 6.45) is 1.75. The summed E-state index contributed by atoms with van der Waals surface area (Å²) in [4.78, 5) is 6.71. The molecule has 0 spiro atoms. The SMILES string of the molecule is C=CCNC(N)=NCc1ccc(Br)cc1N1CCOCC1. The van der Waals surface area contributed by atoms with Crippen LogP contribution in [0.5, 0.6) is 0 Å². The number of nitrogens with one attached hydrogen (secondary N) is 1. The Hall–Kier alpha value is -1.53. The number of halogens is 1. The normalized spacial score (nSPS) is 15.9. The molecule has 0 aliphatic carbocycles. The van der Waals surface area contributed by atoms with Gasteiger partial charge in [0.25, 0.3) is 0 Å². The van der Waals surface area contributed by atoms with Gasteiger partial charge in [0.05, 0.1) is 19.8 Å². The predicted octanol–water partition coefficient (Wildman–Crippen LogP) is 1.88. The highest BCUT2D eigenvalue weighted by Crippen LogP contribution is 2.26.